The topological polar surface area (TPSA) is 50.5 Å². The number of nitrogens with one attached hydrogen (secondary N) is 1. The van der Waals surface area contributed by atoms with Crippen LogP contribution in [0.2, 0.25) is 5.02 Å². The Hall–Kier alpha value is -1.04. The Balaban J connectivity index is 1.78. The van der Waals surface area contributed by atoms with E-state index in [4.69, 9.17) is 34.3 Å². The molecule has 2 bridgehead atoms. The van der Waals surface area contributed by atoms with Gasteiger partial charge in [0.2, 0.25) is 0 Å². The molecule has 3 N–H and O–H groups in total. The second kappa shape index (κ2) is 5.99. The minimum Gasteiger partial charge on any atom is -0.496 e. The monoisotopic (exact) mass is 325 g/mol. The van der Waals surface area contributed by atoms with Crippen molar-refractivity contribution in [1.82, 2.24) is 10.2 Å². The zero-order chi connectivity index (χ0) is 15.0. The zero-order valence-corrected chi connectivity index (χ0v) is 13.6. The molecular weight excluding hydrogens is 306 g/mol. The highest BCUT2D eigenvalue weighted by molar-refractivity contribution is 7.80. The van der Waals surface area contributed by atoms with Crippen molar-refractivity contribution in [2.45, 2.75) is 18.9 Å². The van der Waals surface area contributed by atoms with Crippen LogP contribution >= 0.6 is 23.8 Å². The van der Waals surface area contributed by atoms with E-state index in [0.717, 1.165) is 12.1 Å². The van der Waals surface area contributed by atoms with Crippen molar-refractivity contribution in [2.75, 3.05) is 32.5 Å². The number of fused-ring (bicyclic) bond motifs is 3. The highest BCUT2D eigenvalue weighted by Gasteiger charge is 2.34. The molecule has 1 atom stereocenters. The van der Waals surface area contributed by atoms with Crippen LogP contribution in [0.1, 0.15) is 18.4 Å². The van der Waals surface area contributed by atoms with Gasteiger partial charge in [0.05, 0.1) is 23.4 Å². The van der Waals surface area contributed by atoms with Crippen molar-refractivity contribution in [3.05, 3.63) is 22.7 Å². The molecule has 3 aliphatic heterocycles. The van der Waals surface area contributed by atoms with Crippen LogP contribution in [0.15, 0.2) is 12.1 Å². The van der Waals surface area contributed by atoms with E-state index >= 15 is 0 Å². The summed E-state index contributed by atoms with van der Waals surface area (Å²) in [6.07, 6.45) is 2.50. The summed E-state index contributed by atoms with van der Waals surface area (Å²) in [6, 6.07) is 3.93. The van der Waals surface area contributed by atoms with Crippen molar-refractivity contribution in [3.63, 3.8) is 0 Å². The van der Waals surface area contributed by atoms with Crippen LogP contribution in [0.4, 0.5) is 5.69 Å². The Morgan fingerprint density at radius 2 is 2.14 bits per heavy atom. The fourth-order valence-electron chi connectivity index (χ4n) is 3.29. The maximum Gasteiger partial charge on any atom is 0.131 e. The van der Waals surface area contributed by atoms with Gasteiger partial charge in [-0.05, 0) is 37.9 Å². The number of halogens is 1. The molecule has 114 valence electrons. The highest BCUT2D eigenvalue weighted by Crippen LogP contribution is 2.31. The van der Waals surface area contributed by atoms with Crippen LogP contribution in [-0.4, -0.2) is 42.7 Å². The first-order valence-corrected chi connectivity index (χ1v) is 8.03. The normalized spacial score (nSPS) is 27.4. The number of nitrogen functional groups attached to an aromatic ring is 1. The smallest absolute Gasteiger partial charge is 0.131 e. The van der Waals surface area contributed by atoms with Gasteiger partial charge in [-0.15, -0.1) is 0 Å². The second-order valence-corrected chi connectivity index (χ2v) is 6.61. The molecule has 3 aliphatic rings. The number of hydrogen-bond donors (Lipinski definition) is 2. The Morgan fingerprint density at radius 1 is 1.43 bits per heavy atom. The van der Waals surface area contributed by atoms with Gasteiger partial charge in [-0.25, -0.2) is 0 Å². The third-order valence-corrected chi connectivity index (χ3v) is 5.20. The first kappa shape index (κ1) is 14.9. The molecule has 21 heavy (non-hydrogen) atoms. The molecular formula is C15H20ClN3OS. The van der Waals surface area contributed by atoms with Crippen LogP contribution in [0.3, 0.4) is 0 Å². The van der Waals surface area contributed by atoms with Crippen LogP contribution in [-0.2, 0) is 0 Å². The van der Waals surface area contributed by atoms with Gasteiger partial charge >= 0.3 is 0 Å². The summed E-state index contributed by atoms with van der Waals surface area (Å²) >= 11 is 11.7. The Labute approximate surface area is 135 Å². The molecule has 6 heteroatoms. The molecule has 0 radical (unpaired) electrons. The van der Waals surface area contributed by atoms with E-state index < -0.39 is 0 Å². The van der Waals surface area contributed by atoms with Gasteiger partial charge in [-0.2, -0.15) is 0 Å². The van der Waals surface area contributed by atoms with Gasteiger partial charge in [0.25, 0.3) is 0 Å². The first-order chi connectivity index (χ1) is 10.1. The van der Waals surface area contributed by atoms with E-state index in [1.807, 2.05) is 0 Å². The summed E-state index contributed by atoms with van der Waals surface area (Å²) in [4.78, 5) is 3.18. The minimum atomic E-state index is 0.418. The lowest BCUT2D eigenvalue weighted by molar-refractivity contribution is 0.0816. The number of ether oxygens (including phenoxy) is 1. The van der Waals surface area contributed by atoms with Crippen LogP contribution < -0.4 is 15.8 Å². The summed E-state index contributed by atoms with van der Waals surface area (Å²) in [5.74, 6) is 1.37. The largest absolute Gasteiger partial charge is 0.496 e. The average molecular weight is 326 g/mol. The molecule has 0 spiro atoms. The summed E-state index contributed by atoms with van der Waals surface area (Å²) < 4.78 is 5.38. The number of methoxy groups -OCH3 is 1. The van der Waals surface area contributed by atoms with E-state index in [1.165, 1.54) is 25.9 Å². The van der Waals surface area contributed by atoms with Crippen molar-refractivity contribution < 1.29 is 4.74 Å². The summed E-state index contributed by atoms with van der Waals surface area (Å²) in [7, 11) is 1.61. The van der Waals surface area contributed by atoms with Gasteiger partial charge < -0.3 is 20.7 Å². The van der Waals surface area contributed by atoms with E-state index in [2.05, 4.69) is 10.2 Å². The molecule has 3 saturated heterocycles. The number of rotatable bonds is 3. The fraction of sp³-hybridized carbons (Fsp3) is 0.533. The van der Waals surface area contributed by atoms with E-state index in [1.54, 1.807) is 19.2 Å². The molecule has 1 aromatic carbocycles. The molecule has 0 amide bonds. The number of nitrogens with zero attached hydrogens (tertiary/aromatic N) is 1. The van der Waals surface area contributed by atoms with Crippen LogP contribution in [0.5, 0.6) is 5.75 Å². The SMILES string of the molecule is COc1cc(N)c(Cl)cc1C(=S)N[C@H]1CN2CCC1CC2. The molecule has 0 unspecified atom stereocenters. The predicted molar refractivity (Wildman–Crippen MR) is 90.2 cm³/mol. The lowest BCUT2D eigenvalue weighted by Crippen LogP contribution is -2.57. The van der Waals surface area contributed by atoms with Crippen LogP contribution in [0, 0.1) is 5.92 Å². The number of piperidine rings is 3. The summed E-state index contributed by atoms with van der Waals surface area (Å²) in [6.45, 7) is 3.50. The molecule has 0 aromatic heterocycles. The average Bonchev–Trinajstić information content (AvgIpc) is 2.50. The van der Waals surface area contributed by atoms with E-state index in [0.29, 0.717) is 33.4 Å². The molecule has 3 heterocycles. The van der Waals surface area contributed by atoms with Crippen molar-refractivity contribution in [1.29, 1.82) is 0 Å². The van der Waals surface area contributed by atoms with Crippen molar-refractivity contribution >= 4 is 34.5 Å². The molecule has 1 aromatic rings. The van der Waals surface area contributed by atoms with Gasteiger partial charge in [-0.3, -0.25) is 0 Å². The third-order valence-electron chi connectivity index (χ3n) is 4.54. The Bertz CT molecular complexity index is 558. The third kappa shape index (κ3) is 2.96. The number of anilines is 1. The molecule has 4 nitrogen and oxygen atoms in total. The van der Waals surface area contributed by atoms with Crippen molar-refractivity contribution in [2.24, 2.45) is 5.92 Å². The van der Waals surface area contributed by atoms with Gasteiger partial charge in [0.15, 0.2) is 0 Å². The zero-order valence-electron chi connectivity index (χ0n) is 12.1. The van der Waals surface area contributed by atoms with Crippen LogP contribution in [0.25, 0.3) is 0 Å². The maximum absolute atomic E-state index is 6.12. The molecule has 4 rings (SSSR count). The second-order valence-electron chi connectivity index (χ2n) is 5.79. The predicted octanol–water partition coefficient (Wildman–Crippen LogP) is 2.29. The Kier molecular flexibility index (Phi) is 4.24. The lowest BCUT2D eigenvalue weighted by Gasteiger charge is -2.45. The quantitative estimate of drug-likeness (QED) is 0.659. The molecule has 3 fully saturated rings. The minimum absolute atomic E-state index is 0.418. The van der Waals surface area contributed by atoms with E-state index in [-0.39, 0.29) is 0 Å². The lowest BCUT2D eigenvalue weighted by atomic mass is 9.84. The van der Waals surface area contributed by atoms with E-state index in [9.17, 15) is 0 Å². The number of benzene rings is 1. The molecule has 0 aliphatic carbocycles. The summed E-state index contributed by atoms with van der Waals surface area (Å²) in [5, 5.41) is 4.00. The number of hydrogen-bond acceptors (Lipinski definition) is 4. The van der Waals surface area contributed by atoms with Gasteiger partial charge in [0.1, 0.15) is 10.7 Å². The fourth-order valence-corrected chi connectivity index (χ4v) is 3.76. The standard InChI is InChI=1S/C15H20ClN3OS/c1-20-14-7-12(17)11(16)6-10(14)15(21)18-13-8-19-4-2-9(13)3-5-19/h6-7,9,13H,2-5,8,17H2,1H3,(H,18,21)/t13-/m0/s1. The number of thiocarbonyl (C=S) groups is 1. The summed E-state index contributed by atoms with van der Waals surface area (Å²) in [5.41, 5.74) is 7.13. The number of nitrogens with two attached hydrogens (primary N) is 1. The van der Waals surface area contributed by atoms with Gasteiger partial charge in [-0.1, -0.05) is 23.8 Å². The first-order valence-electron chi connectivity index (χ1n) is 7.24. The maximum atomic E-state index is 6.12. The van der Waals surface area contributed by atoms with Gasteiger partial charge in [0, 0.05) is 18.7 Å². The van der Waals surface area contributed by atoms with Crippen molar-refractivity contribution in [3.8, 4) is 5.75 Å². The highest BCUT2D eigenvalue weighted by atomic mass is 35.5. The molecule has 0 saturated carbocycles. The Morgan fingerprint density at radius 3 is 2.71 bits per heavy atom.